The lowest BCUT2D eigenvalue weighted by molar-refractivity contribution is -0.143. The molecular weight excluding hydrogens is 176 g/mol. The van der Waals surface area contributed by atoms with Gasteiger partial charge in [-0.25, -0.2) is 0 Å². The van der Waals surface area contributed by atoms with E-state index < -0.39 is 0 Å². The number of fused-ring (bicyclic) bond motifs is 1. The third kappa shape index (κ3) is 1.59. The predicted octanol–water partition coefficient (Wildman–Crippen LogP) is 2.44. The Labute approximate surface area is 87.0 Å². The summed E-state index contributed by atoms with van der Waals surface area (Å²) in [5, 5.41) is 10.6. The normalized spacial score (nSPS) is 42.4. The number of rotatable bonds is 1. The molecule has 0 saturated heterocycles. The molecule has 2 aliphatic rings. The van der Waals surface area contributed by atoms with Crippen molar-refractivity contribution in [1.29, 1.82) is 0 Å². The molecule has 2 heteroatoms. The van der Waals surface area contributed by atoms with E-state index in [0.29, 0.717) is 5.41 Å². The Morgan fingerprint density at radius 2 is 1.36 bits per heavy atom. The van der Waals surface area contributed by atoms with Gasteiger partial charge in [0.25, 0.3) is 0 Å². The van der Waals surface area contributed by atoms with Gasteiger partial charge in [-0.2, -0.15) is 0 Å². The zero-order chi connectivity index (χ0) is 9.36. The van der Waals surface area contributed by atoms with Crippen LogP contribution in [0, 0.1) is 5.41 Å². The lowest BCUT2D eigenvalue weighted by atomic mass is 9.55. The van der Waals surface area contributed by atoms with Crippen LogP contribution in [0.1, 0.15) is 64.7 Å². The molecule has 0 aromatic carbocycles. The molecule has 84 valence electrons. The Morgan fingerprint density at radius 1 is 0.929 bits per heavy atom. The van der Waals surface area contributed by atoms with Gasteiger partial charge in [0.1, 0.15) is 0 Å². The van der Waals surface area contributed by atoms with Gasteiger partial charge in [0, 0.05) is 0 Å². The van der Waals surface area contributed by atoms with Crippen LogP contribution in [0.15, 0.2) is 0 Å². The van der Waals surface area contributed by atoms with Crippen molar-refractivity contribution < 1.29 is 10.6 Å². The highest BCUT2D eigenvalue weighted by molar-refractivity contribution is 5.02. The van der Waals surface area contributed by atoms with Gasteiger partial charge in [-0.3, -0.25) is 0 Å². The Balaban J connectivity index is 0.000000980. The average Bonchev–Trinajstić information content (AvgIpc) is 2.17. The van der Waals surface area contributed by atoms with Crippen LogP contribution in [0.3, 0.4) is 0 Å². The summed E-state index contributed by atoms with van der Waals surface area (Å²) >= 11 is 0. The summed E-state index contributed by atoms with van der Waals surface area (Å²) in [7, 11) is 0. The van der Waals surface area contributed by atoms with Crippen LogP contribution in [0.4, 0.5) is 0 Å². The molecule has 0 heterocycles. The fraction of sp³-hybridized carbons (Fsp3) is 1.00. The summed E-state index contributed by atoms with van der Waals surface area (Å²) in [5.41, 5.74) is 0.0295. The smallest absolute Gasteiger partial charge is 0.0703 e. The maximum Gasteiger partial charge on any atom is 0.0703 e. The van der Waals surface area contributed by atoms with Crippen molar-refractivity contribution in [2.45, 2.75) is 70.3 Å². The van der Waals surface area contributed by atoms with Crippen LogP contribution in [0.5, 0.6) is 0 Å². The first-order valence-corrected chi connectivity index (χ1v) is 5.95. The Morgan fingerprint density at radius 3 is 1.71 bits per heavy atom. The molecule has 2 saturated carbocycles. The van der Waals surface area contributed by atoms with Crippen molar-refractivity contribution in [3.63, 3.8) is 0 Å². The van der Waals surface area contributed by atoms with E-state index in [9.17, 15) is 5.11 Å². The maximum absolute atomic E-state index is 10.6. The van der Waals surface area contributed by atoms with Gasteiger partial charge in [0.2, 0.25) is 0 Å². The molecule has 2 fully saturated rings. The summed E-state index contributed by atoms with van der Waals surface area (Å²) < 4.78 is 0. The summed E-state index contributed by atoms with van der Waals surface area (Å²) in [6, 6.07) is 0. The fourth-order valence-electron chi connectivity index (χ4n) is 3.69. The zero-order valence-corrected chi connectivity index (χ0v) is 9.31. The second-order valence-electron chi connectivity index (χ2n) is 5.08. The van der Waals surface area contributed by atoms with E-state index in [1.54, 1.807) is 0 Å². The minimum atomic E-state index is -0.280. The number of aliphatic hydroxyl groups is 1. The predicted molar refractivity (Wildman–Crippen MR) is 58.2 cm³/mol. The van der Waals surface area contributed by atoms with E-state index in [2.05, 4.69) is 6.92 Å². The Bertz CT molecular complexity index is 177. The van der Waals surface area contributed by atoms with Gasteiger partial charge in [0.05, 0.1) is 5.60 Å². The summed E-state index contributed by atoms with van der Waals surface area (Å²) in [4.78, 5) is 0. The van der Waals surface area contributed by atoms with Gasteiger partial charge in [-0.1, -0.05) is 32.6 Å². The zero-order valence-electron chi connectivity index (χ0n) is 9.31. The molecule has 0 radical (unpaired) electrons. The van der Waals surface area contributed by atoms with E-state index in [1.165, 1.54) is 44.9 Å². The lowest BCUT2D eigenvalue weighted by Crippen LogP contribution is -2.52. The van der Waals surface area contributed by atoms with Gasteiger partial charge in [-0.15, -0.1) is 0 Å². The Kier molecular flexibility index (Phi) is 3.59. The maximum atomic E-state index is 10.6. The average molecular weight is 200 g/mol. The van der Waals surface area contributed by atoms with Crippen molar-refractivity contribution >= 4 is 0 Å². The number of hydrogen-bond donors (Lipinski definition) is 1. The SMILES string of the molecule is CCC12CCCCC1(O)CCCC2.O. The molecule has 0 amide bonds. The van der Waals surface area contributed by atoms with E-state index >= 15 is 0 Å². The van der Waals surface area contributed by atoms with Crippen LogP contribution in [0.25, 0.3) is 0 Å². The third-order valence-electron chi connectivity index (χ3n) is 4.66. The monoisotopic (exact) mass is 200 g/mol. The standard InChI is InChI=1S/C12H22O.H2O/c1-2-11-7-3-5-9-12(11,13)10-6-4-8-11;/h13H,2-10H2,1H3;1H2. The highest BCUT2D eigenvalue weighted by atomic mass is 16.3. The van der Waals surface area contributed by atoms with Crippen molar-refractivity contribution in [2.75, 3.05) is 0 Å². The summed E-state index contributed by atoms with van der Waals surface area (Å²) in [6.45, 7) is 2.27. The highest BCUT2D eigenvalue weighted by Gasteiger charge is 2.51. The topological polar surface area (TPSA) is 51.7 Å². The van der Waals surface area contributed by atoms with Gasteiger partial charge < -0.3 is 10.6 Å². The third-order valence-corrected chi connectivity index (χ3v) is 4.66. The van der Waals surface area contributed by atoms with Crippen LogP contribution in [-0.4, -0.2) is 16.2 Å². The molecule has 0 aromatic heterocycles. The van der Waals surface area contributed by atoms with E-state index in [4.69, 9.17) is 0 Å². The molecule has 14 heavy (non-hydrogen) atoms. The van der Waals surface area contributed by atoms with E-state index in [1.807, 2.05) is 0 Å². The number of hydrogen-bond acceptors (Lipinski definition) is 1. The first-order valence-electron chi connectivity index (χ1n) is 5.95. The molecule has 0 unspecified atom stereocenters. The second-order valence-corrected chi connectivity index (χ2v) is 5.08. The molecule has 0 atom stereocenters. The highest BCUT2D eigenvalue weighted by Crippen LogP contribution is 2.54. The van der Waals surface area contributed by atoms with Crippen LogP contribution < -0.4 is 0 Å². The molecule has 0 aromatic rings. The fourth-order valence-corrected chi connectivity index (χ4v) is 3.69. The van der Waals surface area contributed by atoms with Crippen molar-refractivity contribution in [2.24, 2.45) is 5.41 Å². The molecule has 3 N–H and O–H groups in total. The minimum absolute atomic E-state index is 0. The van der Waals surface area contributed by atoms with Crippen molar-refractivity contribution in [3.05, 3.63) is 0 Å². The second kappa shape index (κ2) is 4.19. The lowest BCUT2D eigenvalue weighted by Gasteiger charge is -2.53. The molecule has 0 aliphatic heterocycles. The van der Waals surface area contributed by atoms with Gasteiger partial charge in [0.15, 0.2) is 0 Å². The quantitative estimate of drug-likeness (QED) is 0.694. The van der Waals surface area contributed by atoms with Gasteiger partial charge in [-0.05, 0) is 37.5 Å². The summed E-state index contributed by atoms with van der Waals surface area (Å²) in [5.74, 6) is 0. The molecular formula is C12H24O2. The van der Waals surface area contributed by atoms with Crippen molar-refractivity contribution in [3.8, 4) is 0 Å². The largest absolute Gasteiger partial charge is 0.412 e. The molecule has 2 nitrogen and oxygen atoms in total. The first-order chi connectivity index (χ1) is 6.22. The van der Waals surface area contributed by atoms with Gasteiger partial charge >= 0.3 is 0 Å². The van der Waals surface area contributed by atoms with Crippen LogP contribution >= 0.6 is 0 Å². The minimum Gasteiger partial charge on any atom is -0.412 e. The van der Waals surface area contributed by atoms with E-state index in [0.717, 1.165) is 12.8 Å². The van der Waals surface area contributed by atoms with Crippen LogP contribution in [-0.2, 0) is 0 Å². The Hall–Kier alpha value is -0.0800. The van der Waals surface area contributed by atoms with Crippen molar-refractivity contribution in [1.82, 2.24) is 0 Å². The molecule has 2 aliphatic carbocycles. The first kappa shape index (κ1) is 12.0. The molecule has 0 spiro atoms. The van der Waals surface area contributed by atoms with E-state index in [-0.39, 0.29) is 11.1 Å². The van der Waals surface area contributed by atoms with Crippen LogP contribution in [0.2, 0.25) is 0 Å². The molecule has 0 bridgehead atoms. The molecule has 2 rings (SSSR count). The summed E-state index contributed by atoms with van der Waals surface area (Å²) in [6.07, 6.45) is 11.1.